The minimum absolute atomic E-state index is 0.0823. The summed E-state index contributed by atoms with van der Waals surface area (Å²) in [6.45, 7) is 3.56. The predicted octanol–water partition coefficient (Wildman–Crippen LogP) is 1.94. The van der Waals surface area contributed by atoms with Gasteiger partial charge >= 0.3 is 0 Å². The monoisotopic (exact) mass is 136 g/mol. The van der Waals surface area contributed by atoms with Crippen molar-refractivity contribution in [2.75, 3.05) is 0 Å². The van der Waals surface area contributed by atoms with E-state index in [9.17, 15) is 4.79 Å². The number of hydrogen-bond donors (Lipinski definition) is 0. The molecule has 0 rings (SSSR count). The first-order valence-electron chi connectivity index (χ1n) is 3.44. The smallest absolute Gasteiger partial charge is 0.202 e. The van der Waals surface area contributed by atoms with Crippen LogP contribution in [0.25, 0.3) is 0 Å². The summed E-state index contributed by atoms with van der Waals surface area (Å²) in [7, 11) is 0. The Kier molecular flexibility index (Phi) is 5.47. The quantitative estimate of drug-likeness (QED) is 0.419. The highest BCUT2D eigenvalue weighted by Gasteiger charge is 1.75. The Hall–Kier alpha value is -1.03. The van der Waals surface area contributed by atoms with Crippen LogP contribution in [0.4, 0.5) is 0 Å². The number of Topliss-reactive ketones (excluding diaryl/α,β-unsaturated/α-hetero) is 1. The SMILES string of the molecule is CCC/C=C\C#CC(C)=O. The fraction of sp³-hybridized carbons (Fsp3) is 0.444. The Morgan fingerprint density at radius 2 is 2.30 bits per heavy atom. The van der Waals surface area contributed by atoms with Crippen LogP contribution in [0.2, 0.25) is 0 Å². The van der Waals surface area contributed by atoms with Crippen molar-refractivity contribution < 1.29 is 4.79 Å². The van der Waals surface area contributed by atoms with Gasteiger partial charge in [-0.25, -0.2) is 0 Å². The van der Waals surface area contributed by atoms with Gasteiger partial charge in [-0.1, -0.05) is 25.3 Å². The lowest BCUT2D eigenvalue weighted by Crippen LogP contribution is -1.78. The van der Waals surface area contributed by atoms with Gasteiger partial charge < -0.3 is 0 Å². The first-order chi connectivity index (χ1) is 4.77. The van der Waals surface area contributed by atoms with E-state index < -0.39 is 0 Å². The number of ketones is 1. The molecule has 0 spiro atoms. The number of carbonyl (C=O) groups excluding carboxylic acids is 1. The Morgan fingerprint density at radius 3 is 2.80 bits per heavy atom. The molecular weight excluding hydrogens is 124 g/mol. The average molecular weight is 136 g/mol. The van der Waals surface area contributed by atoms with E-state index in [1.807, 2.05) is 6.08 Å². The minimum atomic E-state index is -0.0823. The molecule has 10 heavy (non-hydrogen) atoms. The standard InChI is InChI=1S/C9H12O/c1-3-4-5-6-7-8-9(2)10/h5-6H,3-4H2,1-2H3/b6-5-. The third-order valence-corrected chi connectivity index (χ3v) is 0.905. The lowest BCUT2D eigenvalue weighted by molar-refractivity contribution is -0.111. The van der Waals surface area contributed by atoms with Gasteiger partial charge in [0.25, 0.3) is 0 Å². The van der Waals surface area contributed by atoms with Gasteiger partial charge in [0.1, 0.15) is 0 Å². The highest BCUT2D eigenvalue weighted by molar-refractivity contribution is 5.93. The van der Waals surface area contributed by atoms with E-state index in [2.05, 4.69) is 18.8 Å². The summed E-state index contributed by atoms with van der Waals surface area (Å²) >= 11 is 0. The maximum absolute atomic E-state index is 10.3. The van der Waals surface area contributed by atoms with Gasteiger partial charge in [0.2, 0.25) is 5.78 Å². The zero-order chi connectivity index (χ0) is 7.82. The van der Waals surface area contributed by atoms with Crippen molar-refractivity contribution in [2.45, 2.75) is 26.7 Å². The highest BCUT2D eigenvalue weighted by atomic mass is 16.1. The van der Waals surface area contributed by atoms with Crippen LogP contribution in [0.1, 0.15) is 26.7 Å². The lowest BCUT2D eigenvalue weighted by atomic mass is 10.3. The summed E-state index contributed by atoms with van der Waals surface area (Å²) in [5.41, 5.74) is 0. The molecule has 0 aliphatic rings. The van der Waals surface area contributed by atoms with Crippen molar-refractivity contribution in [1.82, 2.24) is 0 Å². The molecule has 0 saturated heterocycles. The van der Waals surface area contributed by atoms with Crippen molar-refractivity contribution in [3.05, 3.63) is 12.2 Å². The largest absolute Gasteiger partial charge is 0.285 e. The summed E-state index contributed by atoms with van der Waals surface area (Å²) in [6.07, 6.45) is 5.85. The number of unbranched alkanes of at least 4 members (excludes halogenated alkanes) is 1. The molecule has 0 unspecified atom stereocenters. The number of allylic oxidation sites excluding steroid dienone is 2. The Labute approximate surface area is 62.1 Å². The molecule has 0 N–H and O–H groups in total. The molecule has 0 aliphatic carbocycles. The van der Waals surface area contributed by atoms with Gasteiger partial charge in [-0.3, -0.25) is 4.79 Å². The molecule has 0 bridgehead atoms. The average Bonchev–Trinajstić information content (AvgIpc) is 1.87. The minimum Gasteiger partial charge on any atom is -0.285 e. The third-order valence-electron chi connectivity index (χ3n) is 0.905. The van der Waals surface area contributed by atoms with Crippen molar-refractivity contribution >= 4 is 5.78 Å². The van der Waals surface area contributed by atoms with Gasteiger partial charge in [-0.2, -0.15) is 0 Å². The van der Waals surface area contributed by atoms with Gasteiger partial charge in [0.05, 0.1) is 0 Å². The Balaban J connectivity index is 3.54. The summed E-state index contributed by atoms with van der Waals surface area (Å²) < 4.78 is 0. The highest BCUT2D eigenvalue weighted by Crippen LogP contribution is 1.86. The maximum Gasteiger partial charge on any atom is 0.202 e. The number of carbonyl (C=O) groups is 1. The van der Waals surface area contributed by atoms with Crippen LogP contribution in [-0.4, -0.2) is 5.78 Å². The van der Waals surface area contributed by atoms with Crippen LogP contribution in [0.5, 0.6) is 0 Å². The van der Waals surface area contributed by atoms with E-state index in [4.69, 9.17) is 0 Å². The zero-order valence-electron chi connectivity index (χ0n) is 6.48. The van der Waals surface area contributed by atoms with E-state index in [1.165, 1.54) is 6.92 Å². The number of rotatable bonds is 2. The van der Waals surface area contributed by atoms with Gasteiger partial charge in [-0.05, 0) is 18.4 Å². The summed E-state index contributed by atoms with van der Waals surface area (Å²) in [4.78, 5) is 10.3. The zero-order valence-corrected chi connectivity index (χ0v) is 6.48. The van der Waals surface area contributed by atoms with Crippen molar-refractivity contribution in [1.29, 1.82) is 0 Å². The second-order valence-corrected chi connectivity index (χ2v) is 2.02. The topological polar surface area (TPSA) is 17.1 Å². The molecule has 0 aliphatic heterocycles. The fourth-order valence-electron chi connectivity index (χ4n) is 0.452. The second kappa shape index (κ2) is 6.10. The summed E-state index contributed by atoms with van der Waals surface area (Å²) in [5, 5.41) is 0. The van der Waals surface area contributed by atoms with E-state index in [-0.39, 0.29) is 5.78 Å². The molecular formula is C9H12O. The van der Waals surface area contributed by atoms with Crippen LogP contribution in [0, 0.1) is 11.8 Å². The van der Waals surface area contributed by atoms with Crippen LogP contribution < -0.4 is 0 Å². The van der Waals surface area contributed by atoms with Crippen LogP contribution in [-0.2, 0) is 4.79 Å². The molecule has 0 heterocycles. The van der Waals surface area contributed by atoms with Crippen LogP contribution >= 0.6 is 0 Å². The normalized spacial score (nSPS) is 9.00. The van der Waals surface area contributed by atoms with Crippen molar-refractivity contribution in [3.8, 4) is 11.8 Å². The first-order valence-corrected chi connectivity index (χ1v) is 3.44. The summed E-state index contributed by atoms with van der Waals surface area (Å²) in [5.74, 6) is 4.99. The molecule has 0 aromatic carbocycles. The summed E-state index contributed by atoms with van der Waals surface area (Å²) in [6, 6.07) is 0. The van der Waals surface area contributed by atoms with Gasteiger partial charge in [0.15, 0.2) is 0 Å². The van der Waals surface area contributed by atoms with E-state index in [0.29, 0.717) is 0 Å². The lowest BCUT2D eigenvalue weighted by Gasteiger charge is -1.77. The molecule has 0 saturated carbocycles. The van der Waals surface area contributed by atoms with E-state index >= 15 is 0 Å². The third kappa shape index (κ3) is 6.97. The molecule has 0 atom stereocenters. The molecule has 0 amide bonds. The van der Waals surface area contributed by atoms with Gasteiger partial charge in [-0.15, -0.1) is 0 Å². The van der Waals surface area contributed by atoms with Crippen LogP contribution in [0.15, 0.2) is 12.2 Å². The fourth-order valence-corrected chi connectivity index (χ4v) is 0.452. The Bertz CT molecular complexity index is 179. The molecule has 0 radical (unpaired) electrons. The Morgan fingerprint density at radius 1 is 1.60 bits per heavy atom. The molecule has 0 fully saturated rings. The molecule has 0 aromatic heterocycles. The molecule has 0 aromatic rings. The number of hydrogen-bond acceptors (Lipinski definition) is 1. The first kappa shape index (κ1) is 8.97. The maximum atomic E-state index is 10.3. The van der Waals surface area contributed by atoms with Crippen LogP contribution in [0.3, 0.4) is 0 Å². The molecule has 1 nitrogen and oxygen atoms in total. The molecule has 54 valence electrons. The van der Waals surface area contributed by atoms with E-state index in [1.54, 1.807) is 6.08 Å². The van der Waals surface area contributed by atoms with E-state index in [0.717, 1.165) is 12.8 Å². The van der Waals surface area contributed by atoms with Gasteiger partial charge in [0, 0.05) is 6.92 Å². The second-order valence-electron chi connectivity index (χ2n) is 2.02. The van der Waals surface area contributed by atoms with Crippen molar-refractivity contribution in [2.24, 2.45) is 0 Å². The predicted molar refractivity (Wildman–Crippen MR) is 42.5 cm³/mol. The molecule has 1 heteroatoms. The van der Waals surface area contributed by atoms with Crippen molar-refractivity contribution in [3.63, 3.8) is 0 Å².